The van der Waals surface area contributed by atoms with Gasteiger partial charge in [-0.25, -0.2) is 0 Å². The van der Waals surface area contributed by atoms with Crippen LogP contribution in [0.5, 0.6) is 0 Å². The first kappa shape index (κ1) is 15.5. The van der Waals surface area contributed by atoms with E-state index in [1.807, 2.05) is 0 Å². The van der Waals surface area contributed by atoms with Crippen LogP contribution >= 0.6 is 0 Å². The van der Waals surface area contributed by atoms with Crippen LogP contribution in [0.2, 0.25) is 0 Å². The Morgan fingerprint density at radius 1 is 1.10 bits per heavy atom. The van der Waals surface area contributed by atoms with Crippen molar-refractivity contribution in [2.24, 2.45) is 0 Å². The zero-order chi connectivity index (χ0) is 14.2. The molecule has 2 atom stereocenters. The third kappa shape index (κ3) is 5.61. The van der Waals surface area contributed by atoms with Gasteiger partial charge in [-0.3, -0.25) is 4.90 Å². The predicted octanol–water partition coefficient (Wildman–Crippen LogP) is 2.32. The maximum Gasteiger partial charge on any atom is 0.0594 e. The van der Waals surface area contributed by atoms with Crippen LogP contribution in [0.15, 0.2) is 30.3 Å². The number of aryl methyl sites for hydroxylation is 1. The molecule has 0 aliphatic carbocycles. The van der Waals surface area contributed by atoms with Gasteiger partial charge < -0.3 is 10.1 Å². The van der Waals surface area contributed by atoms with Crippen molar-refractivity contribution in [3.63, 3.8) is 0 Å². The largest absolute Gasteiger partial charge is 0.379 e. The molecule has 0 aromatic heterocycles. The van der Waals surface area contributed by atoms with Crippen molar-refractivity contribution >= 4 is 0 Å². The topological polar surface area (TPSA) is 24.5 Å². The highest BCUT2D eigenvalue weighted by Gasteiger charge is 2.14. The van der Waals surface area contributed by atoms with Gasteiger partial charge in [-0.05, 0) is 32.3 Å². The van der Waals surface area contributed by atoms with E-state index in [9.17, 15) is 0 Å². The van der Waals surface area contributed by atoms with Gasteiger partial charge in [0.25, 0.3) is 0 Å². The van der Waals surface area contributed by atoms with Crippen molar-refractivity contribution in [2.75, 3.05) is 32.8 Å². The van der Waals surface area contributed by atoms with Crippen molar-refractivity contribution in [3.8, 4) is 0 Å². The molecule has 1 aliphatic rings. The van der Waals surface area contributed by atoms with Crippen LogP contribution in [0.3, 0.4) is 0 Å². The first-order valence-electron chi connectivity index (χ1n) is 7.84. The molecule has 0 saturated carbocycles. The molecule has 1 aromatic carbocycles. The van der Waals surface area contributed by atoms with Crippen LogP contribution in [0.25, 0.3) is 0 Å². The number of hydrogen-bond donors (Lipinski definition) is 1. The maximum absolute atomic E-state index is 5.39. The Balaban J connectivity index is 1.64. The first-order valence-corrected chi connectivity index (χ1v) is 7.84. The van der Waals surface area contributed by atoms with Gasteiger partial charge in [-0.2, -0.15) is 0 Å². The quantitative estimate of drug-likeness (QED) is 0.827. The van der Waals surface area contributed by atoms with Gasteiger partial charge >= 0.3 is 0 Å². The average Bonchev–Trinajstić information content (AvgIpc) is 2.47. The molecule has 1 fully saturated rings. The van der Waals surface area contributed by atoms with E-state index in [2.05, 4.69) is 54.4 Å². The molecule has 0 spiro atoms. The summed E-state index contributed by atoms with van der Waals surface area (Å²) in [4.78, 5) is 2.49. The number of nitrogens with one attached hydrogen (secondary N) is 1. The summed E-state index contributed by atoms with van der Waals surface area (Å²) in [6.07, 6.45) is 2.34. The normalized spacial score (nSPS) is 19.7. The lowest BCUT2D eigenvalue weighted by Crippen LogP contribution is -2.46. The Kier molecular flexibility index (Phi) is 6.51. The van der Waals surface area contributed by atoms with E-state index in [4.69, 9.17) is 4.74 Å². The molecule has 3 heteroatoms. The number of nitrogens with zero attached hydrogens (tertiary/aromatic N) is 1. The minimum absolute atomic E-state index is 0.541. The highest BCUT2D eigenvalue weighted by atomic mass is 16.5. The molecule has 1 aliphatic heterocycles. The van der Waals surface area contributed by atoms with Gasteiger partial charge in [-0.15, -0.1) is 0 Å². The van der Waals surface area contributed by atoms with Crippen molar-refractivity contribution < 1.29 is 4.74 Å². The van der Waals surface area contributed by atoms with E-state index >= 15 is 0 Å². The van der Waals surface area contributed by atoms with Crippen LogP contribution in [0.1, 0.15) is 25.8 Å². The summed E-state index contributed by atoms with van der Waals surface area (Å²) in [6.45, 7) is 9.62. The highest BCUT2D eigenvalue weighted by Crippen LogP contribution is 2.06. The minimum Gasteiger partial charge on any atom is -0.379 e. The fourth-order valence-corrected chi connectivity index (χ4v) is 2.82. The first-order chi connectivity index (χ1) is 9.74. The fraction of sp³-hybridized carbons (Fsp3) is 0.647. The minimum atomic E-state index is 0.541. The summed E-state index contributed by atoms with van der Waals surface area (Å²) in [5.74, 6) is 0. The van der Waals surface area contributed by atoms with Crippen molar-refractivity contribution in [1.82, 2.24) is 10.2 Å². The molecule has 112 valence electrons. The Morgan fingerprint density at radius 3 is 2.50 bits per heavy atom. The number of benzene rings is 1. The van der Waals surface area contributed by atoms with E-state index in [0.717, 1.165) is 39.3 Å². The third-order valence-electron chi connectivity index (χ3n) is 3.91. The number of rotatable bonds is 7. The molecule has 1 saturated heterocycles. The molecule has 1 aromatic rings. The summed E-state index contributed by atoms with van der Waals surface area (Å²) in [7, 11) is 0. The molecule has 0 amide bonds. The predicted molar refractivity (Wildman–Crippen MR) is 84.1 cm³/mol. The van der Waals surface area contributed by atoms with E-state index < -0.39 is 0 Å². The molecular weight excluding hydrogens is 248 g/mol. The zero-order valence-electron chi connectivity index (χ0n) is 12.8. The number of ether oxygens (including phenoxy) is 1. The second kappa shape index (κ2) is 8.40. The molecule has 20 heavy (non-hydrogen) atoms. The van der Waals surface area contributed by atoms with Crippen LogP contribution in [-0.2, 0) is 11.2 Å². The van der Waals surface area contributed by atoms with Gasteiger partial charge in [0, 0.05) is 31.7 Å². The van der Waals surface area contributed by atoms with E-state index in [1.165, 1.54) is 12.0 Å². The monoisotopic (exact) mass is 276 g/mol. The standard InChI is InChI=1S/C17H28N2O/c1-15(8-9-17-6-4-3-5-7-17)18-16(2)14-19-10-12-20-13-11-19/h3-7,15-16,18H,8-14H2,1-2H3. The number of hydrogen-bond acceptors (Lipinski definition) is 3. The highest BCUT2D eigenvalue weighted by molar-refractivity contribution is 5.14. The summed E-state index contributed by atoms with van der Waals surface area (Å²) in [5, 5.41) is 3.71. The lowest BCUT2D eigenvalue weighted by Gasteiger charge is -2.30. The smallest absolute Gasteiger partial charge is 0.0594 e. The molecule has 0 radical (unpaired) electrons. The average molecular weight is 276 g/mol. The van der Waals surface area contributed by atoms with E-state index in [-0.39, 0.29) is 0 Å². The van der Waals surface area contributed by atoms with Gasteiger partial charge in [0.2, 0.25) is 0 Å². The Labute approximate surface area is 123 Å². The second-order valence-electron chi connectivity index (χ2n) is 5.91. The molecule has 1 N–H and O–H groups in total. The second-order valence-corrected chi connectivity index (χ2v) is 5.91. The van der Waals surface area contributed by atoms with E-state index in [1.54, 1.807) is 0 Å². The van der Waals surface area contributed by atoms with Crippen LogP contribution in [0, 0.1) is 0 Å². The maximum atomic E-state index is 5.39. The Bertz CT molecular complexity index is 363. The summed E-state index contributed by atoms with van der Waals surface area (Å²) >= 11 is 0. The zero-order valence-corrected chi connectivity index (χ0v) is 12.8. The Morgan fingerprint density at radius 2 is 1.80 bits per heavy atom. The summed E-state index contributed by atoms with van der Waals surface area (Å²) in [5.41, 5.74) is 1.43. The third-order valence-corrected chi connectivity index (χ3v) is 3.91. The molecule has 2 rings (SSSR count). The summed E-state index contributed by atoms with van der Waals surface area (Å²) in [6, 6.07) is 11.8. The van der Waals surface area contributed by atoms with Gasteiger partial charge in [0.05, 0.1) is 13.2 Å². The van der Waals surface area contributed by atoms with Gasteiger partial charge in [0.1, 0.15) is 0 Å². The lowest BCUT2D eigenvalue weighted by atomic mass is 10.1. The molecular formula is C17H28N2O. The molecule has 2 unspecified atom stereocenters. The van der Waals surface area contributed by atoms with Crippen molar-refractivity contribution in [3.05, 3.63) is 35.9 Å². The van der Waals surface area contributed by atoms with Crippen LogP contribution in [-0.4, -0.2) is 49.8 Å². The summed E-state index contributed by atoms with van der Waals surface area (Å²) < 4.78 is 5.39. The molecule has 1 heterocycles. The lowest BCUT2D eigenvalue weighted by molar-refractivity contribution is 0.0339. The SMILES string of the molecule is CC(CCc1ccccc1)NC(C)CN1CCOCC1. The molecule has 3 nitrogen and oxygen atoms in total. The van der Waals surface area contributed by atoms with Gasteiger partial charge in [0.15, 0.2) is 0 Å². The molecule has 0 bridgehead atoms. The van der Waals surface area contributed by atoms with Crippen molar-refractivity contribution in [2.45, 2.75) is 38.8 Å². The Hall–Kier alpha value is -0.900. The van der Waals surface area contributed by atoms with Crippen molar-refractivity contribution in [1.29, 1.82) is 0 Å². The van der Waals surface area contributed by atoms with Crippen LogP contribution in [0.4, 0.5) is 0 Å². The fourth-order valence-electron chi connectivity index (χ4n) is 2.82. The van der Waals surface area contributed by atoms with Crippen LogP contribution < -0.4 is 5.32 Å². The van der Waals surface area contributed by atoms with E-state index in [0.29, 0.717) is 12.1 Å². The number of morpholine rings is 1. The van der Waals surface area contributed by atoms with Gasteiger partial charge in [-0.1, -0.05) is 30.3 Å².